The first-order valence-corrected chi connectivity index (χ1v) is 5.42. The van der Waals surface area contributed by atoms with Gasteiger partial charge < -0.3 is 15.4 Å². The fourth-order valence-electron chi connectivity index (χ4n) is 1.63. The van der Waals surface area contributed by atoms with Crippen LogP contribution in [0, 0.1) is 0 Å². The molecule has 4 nitrogen and oxygen atoms in total. The Balaban J connectivity index is 2.17. The number of aliphatic hydroxyl groups is 1. The topological polar surface area (TPSA) is 72.3 Å². The molecule has 0 aliphatic heterocycles. The summed E-state index contributed by atoms with van der Waals surface area (Å²) in [7, 11) is 0. The van der Waals surface area contributed by atoms with Gasteiger partial charge in [0.25, 0.3) is 0 Å². The highest BCUT2D eigenvalue weighted by atomic mass is 19.1. The molecule has 0 spiro atoms. The van der Waals surface area contributed by atoms with E-state index in [1.165, 1.54) is 6.26 Å². The molecular formula is C13H13FN2O2. The summed E-state index contributed by atoms with van der Waals surface area (Å²) in [5.41, 5.74) is 7.99. The standard InChI is InChI=1S/C13H13FN2O2/c14-6-5-12(15)13(17)10-3-1-9(2-4-10)11-7-16-18-8-11/h1-8,12-13,17H,15H2/b6-5+/t12-,13-/m1/s1. The van der Waals surface area contributed by atoms with Gasteiger partial charge in [-0.2, -0.15) is 0 Å². The third kappa shape index (κ3) is 2.64. The lowest BCUT2D eigenvalue weighted by atomic mass is 10.00. The van der Waals surface area contributed by atoms with Gasteiger partial charge >= 0.3 is 0 Å². The average Bonchev–Trinajstić information content (AvgIpc) is 2.92. The summed E-state index contributed by atoms with van der Waals surface area (Å²) in [6, 6.07) is 6.34. The van der Waals surface area contributed by atoms with Crippen molar-refractivity contribution in [2.45, 2.75) is 12.1 Å². The maximum Gasteiger partial charge on any atom is 0.131 e. The third-order valence-electron chi connectivity index (χ3n) is 2.68. The van der Waals surface area contributed by atoms with Gasteiger partial charge in [0.2, 0.25) is 0 Å². The Hall–Kier alpha value is -1.98. The molecule has 0 saturated carbocycles. The maximum atomic E-state index is 12.0. The molecular weight excluding hydrogens is 235 g/mol. The van der Waals surface area contributed by atoms with E-state index in [0.29, 0.717) is 11.9 Å². The van der Waals surface area contributed by atoms with Crippen LogP contribution in [0.2, 0.25) is 0 Å². The van der Waals surface area contributed by atoms with Crippen molar-refractivity contribution in [3.8, 4) is 11.1 Å². The van der Waals surface area contributed by atoms with E-state index in [2.05, 4.69) is 5.16 Å². The van der Waals surface area contributed by atoms with Gasteiger partial charge in [-0.05, 0) is 17.2 Å². The largest absolute Gasteiger partial charge is 0.386 e. The van der Waals surface area contributed by atoms with E-state index in [4.69, 9.17) is 10.3 Å². The van der Waals surface area contributed by atoms with Gasteiger partial charge in [0.05, 0.1) is 24.7 Å². The molecule has 0 radical (unpaired) electrons. The highest BCUT2D eigenvalue weighted by Crippen LogP contribution is 2.22. The number of nitrogens with zero attached hydrogens (tertiary/aromatic N) is 1. The van der Waals surface area contributed by atoms with E-state index in [-0.39, 0.29) is 0 Å². The molecule has 2 aromatic rings. The van der Waals surface area contributed by atoms with Gasteiger partial charge in [-0.15, -0.1) is 0 Å². The molecule has 94 valence electrons. The van der Waals surface area contributed by atoms with E-state index >= 15 is 0 Å². The summed E-state index contributed by atoms with van der Waals surface area (Å²) >= 11 is 0. The van der Waals surface area contributed by atoms with Crippen LogP contribution in [0.4, 0.5) is 4.39 Å². The highest BCUT2D eigenvalue weighted by molar-refractivity contribution is 5.61. The molecule has 2 atom stereocenters. The first-order chi connectivity index (χ1) is 8.72. The molecule has 0 saturated heterocycles. The minimum atomic E-state index is -0.937. The molecule has 0 bridgehead atoms. The Morgan fingerprint density at radius 3 is 2.56 bits per heavy atom. The number of rotatable bonds is 4. The smallest absolute Gasteiger partial charge is 0.131 e. The molecule has 18 heavy (non-hydrogen) atoms. The van der Waals surface area contributed by atoms with Gasteiger partial charge in [0.15, 0.2) is 0 Å². The van der Waals surface area contributed by atoms with Crippen molar-refractivity contribution < 1.29 is 14.0 Å². The van der Waals surface area contributed by atoms with Crippen molar-refractivity contribution in [2.24, 2.45) is 5.73 Å². The fourth-order valence-corrected chi connectivity index (χ4v) is 1.63. The normalized spacial score (nSPS) is 14.8. The van der Waals surface area contributed by atoms with Gasteiger partial charge in [-0.25, -0.2) is 4.39 Å². The molecule has 1 heterocycles. The highest BCUT2D eigenvalue weighted by Gasteiger charge is 2.14. The molecule has 1 aromatic carbocycles. The van der Waals surface area contributed by atoms with Crippen molar-refractivity contribution in [1.82, 2.24) is 5.16 Å². The van der Waals surface area contributed by atoms with Crippen molar-refractivity contribution in [2.75, 3.05) is 0 Å². The minimum absolute atomic E-state index is 0.333. The van der Waals surface area contributed by atoms with Crippen LogP contribution in [-0.4, -0.2) is 16.3 Å². The van der Waals surface area contributed by atoms with Gasteiger partial charge in [-0.1, -0.05) is 29.4 Å². The van der Waals surface area contributed by atoms with Crippen LogP contribution in [0.15, 0.2) is 53.7 Å². The number of hydrogen-bond acceptors (Lipinski definition) is 4. The van der Waals surface area contributed by atoms with Crippen LogP contribution in [0.3, 0.4) is 0 Å². The van der Waals surface area contributed by atoms with E-state index < -0.39 is 12.1 Å². The van der Waals surface area contributed by atoms with Crippen molar-refractivity contribution in [3.05, 3.63) is 54.7 Å². The summed E-state index contributed by atoms with van der Waals surface area (Å²) < 4.78 is 16.7. The maximum absolute atomic E-state index is 12.0. The first-order valence-electron chi connectivity index (χ1n) is 5.42. The Bertz CT molecular complexity index is 508. The fraction of sp³-hybridized carbons (Fsp3) is 0.154. The summed E-state index contributed by atoms with van der Waals surface area (Å²) in [6.07, 6.45) is 3.64. The Labute approximate surface area is 104 Å². The lowest BCUT2D eigenvalue weighted by Gasteiger charge is -2.15. The Morgan fingerprint density at radius 1 is 1.28 bits per heavy atom. The zero-order valence-corrected chi connectivity index (χ0v) is 9.53. The molecule has 0 fully saturated rings. The lowest BCUT2D eigenvalue weighted by Crippen LogP contribution is -2.25. The Kier molecular flexibility index (Phi) is 3.86. The SMILES string of the molecule is N[C@H](/C=C/F)[C@H](O)c1ccc(-c2cnoc2)cc1. The van der Waals surface area contributed by atoms with Crippen molar-refractivity contribution in [1.29, 1.82) is 0 Å². The number of benzene rings is 1. The van der Waals surface area contributed by atoms with Crippen LogP contribution in [0.25, 0.3) is 11.1 Å². The van der Waals surface area contributed by atoms with E-state index in [9.17, 15) is 9.50 Å². The average molecular weight is 248 g/mol. The van der Waals surface area contributed by atoms with Crippen LogP contribution < -0.4 is 5.73 Å². The van der Waals surface area contributed by atoms with Crippen molar-refractivity contribution in [3.63, 3.8) is 0 Å². The summed E-state index contributed by atoms with van der Waals surface area (Å²) in [5, 5.41) is 13.5. The predicted molar refractivity (Wildman–Crippen MR) is 65.1 cm³/mol. The minimum Gasteiger partial charge on any atom is -0.386 e. The first kappa shape index (κ1) is 12.5. The lowest BCUT2D eigenvalue weighted by molar-refractivity contribution is 0.163. The molecule has 3 N–H and O–H groups in total. The second kappa shape index (κ2) is 5.57. The van der Waals surface area contributed by atoms with E-state index in [0.717, 1.165) is 17.2 Å². The molecule has 2 rings (SSSR count). The third-order valence-corrected chi connectivity index (χ3v) is 2.68. The Morgan fingerprint density at radius 2 is 2.00 bits per heavy atom. The van der Waals surface area contributed by atoms with Gasteiger partial charge in [-0.3, -0.25) is 0 Å². The molecule has 0 aliphatic carbocycles. The zero-order valence-electron chi connectivity index (χ0n) is 9.53. The zero-order chi connectivity index (χ0) is 13.0. The monoisotopic (exact) mass is 248 g/mol. The quantitative estimate of drug-likeness (QED) is 0.869. The number of aromatic nitrogens is 1. The van der Waals surface area contributed by atoms with Gasteiger partial charge in [0.1, 0.15) is 6.26 Å². The number of halogens is 1. The molecule has 5 heteroatoms. The molecule has 0 aliphatic rings. The van der Waals surface area contributed by atoms with Crippen LogP contribution in [0.5, 0.6) is 0 Å². The number of nitrogens with two attached hydrogens (primary N) is 1. The molecule has 0 unspecified atom stereocenters. The second-order valence-electron chi connectivity index (χ2n) is 3.88. The number of hydrogen-bond donors (Lipinski definition) is 2. The predicted octanol–water partition coefficient (Wildman–Crippen LogP) is 2.19. The van der Waals surface area contributed by atoms with Crippen molar-refractivity contribution >= 4 is 0 Å². The van der Waals surface area contributed by atoms with E-state index in [1.807, 2.05) is 12.1 Å². The summed E-state index contributed by atoms with van der Waals surface area (Å²) in [4.78, 5) is 0. The van der Waals surface area contributed by atoms with Crippen LogP contribution in [0.1, 0.15) is 11.7 Å². The molecule has 1 aromatic heterocycles. The summed E-state index contributed by atoms with van der Waals surface area (Å²) in [6.45, 7) is 0. The summed E-state index contributed by atoms with van der Waals surface area (Å²) in [5.74, 6) is 0. The molecule has 0 amide bonds. The number of aliphatic hydroxyl groups excluding tert-OH is 1. The van der Waals surface area contributed by atoms with E-state index in [1.54, 1.807) is 18.3 Å². The van der Waals surface area contributed by atoms with Crippen LogP contribution >= 0.6 is 0 Å². The second-order valence-corrected chi connectivity index (χ2v) is 3.88. The van der Waals surface area contributed by atoms with Crippen LogP contribution in [-0.2, 0) is 0 Å². The van der Waals surface area contributed by atoms with Gasteiger partial charge in [0, 0.05) is 5.56 Å².